The van der Waals surface area contributed by atoms with Crippen molar-refractivity contribution >= 4 is 25.9 Å². The molecule has 0 aliphatic rings. The second kappa shape index (κ2) is 9.37. The van der Waals surface area contributed by atoms with Crippen LogP contribution in [-0.4, -0.2) is 47.6 Å². The Morgan fingerprint density at radius 2 is 0.968 bits per heavy atom. The molecule has 0 saturated carbocycles. The van der Waals surface area contributed by atoms with Crippen LogP contribution < -0.4 is 15.7 Å². The van der Waals surface area contributed by atoms with Gasteiger partial charge in [-0.1, -0.05) is 24.3 Å². The molecule has 0 bridgehead atoms. The Morgan fingerprint density at radius 1 is 0.613 bits per heavy atom. The van der Waals surface area contributed by atoms with Gasteiger partial charge in [0.25, 0.3) is 0 Å². The van der Waals surface area contributed by atoms with Crippen molar-refractivity contribution in [1.82, 2.24) is 0 Å². The Balaban J connectivity index is 2.04. The van der Waals surface area contributed by atoms with Crippen LogP contribution in [0.15, 0.2) is 48.5 Å². The monoisotopic (exact) mass is 424 g/mol. The highest BCUT2D eigenvalue weighted by Gasteiger charge is 2.36. The van der Waals surface area contributed by atoms with Crippen LogP contribution in [0, 0.1) is 0 Å². The van der Waals surface area contributed by atoms with Crippen LogP contribution in [0.5, 0.6) is 11.5 Å². The molecule has 0 heterocycles. The smallest absolute Gasteiger partial charge is 0.331 e. The molecule has 2 aromatic carbocycles. The molecule has 31 heavy (non-hydrogen) atoms. The van der Waals surface area contributed by atoms with Crippen LogP contribution in [0.1, 0.15) is 55.4 Å². The summed E-state index contributed by atoms with van der Waals surface area (Å²) in [6.45, 7) is 14.2. The van der Waals surface area contributed by atoms with Crippen LogP contribution >= 0.6 is 0 Å². The van der Waals surface area contributed by atoms with Gasteiger partial charge in [0.2, 0.25) is 0 Å². The molecular weight excluding hydrogens is 390 g/mol. The maximum absolute atomic E-state index is 10.2. The van der Waals surface area contributed by atoms with Crippen LogP contribution in [0.2, 0.25) is 0 Å². The third-order valence-electron chi connectivity index (χ3n) is 5.88. The third-order valence-corrected chi connectivity index (χ3v) is 5.88. The van der Waals surface area contributed by atoms with Gasteiger partial charge in [0, 0.05) is 0 Å². The van der Waals surface area contributed by atoms with E-state index >= 15 is 0 Å². The van der Waals surface area contributed by atoms with E-state index in [-0.39, 0.29) is 0 Å². The SMILES string of the molecule is CC(C)(O)C(C)(C)O[B]c1cccc(Oc2cccc([B]OC(C)(C)C(C)(C)O)c2)c1. The fourth-order valence-electron chi connectivity index (χ4n) is 2.16. The maximum Gasteiger partial charge on any atom is 0.331 e. The van der Waals surface area contributed by atoms with Crippen molar-refractivity contribution in [3.63, 3.8) is 0 Å². The summed E-state index contributed by atoms with van der Waals surface area (Å²) in [4.78, 5) is 0. The van der Waals surface area contributed by atoms with Gasteiger partial charge in [0.1, 0.15) is 11.5 Å². The van der Waals surface area contributed by atoms with E-state index in [1.807, 2.05) is 76.2 Å². The van der Waals surface area contributed by atoms with Crippen LogP contribution in [0.25, 0.3) is 0 Å². The second-order valence-corrected chi connectivity index (χ2v) is 9.86. The van der Waals surface area contributed by atoms with Crippen molar-refractivity contribution in [1.29, 1.82) is 0 Å². The first-order chi connectivity index (χ1) is 14.1. The lowest BCUT2D eigenvalue weighted by Gasteiger charge is -2.37. The maximum atomic E-state index is 10.2. The molecule has 2 rings (SSSR count). The zero-order valence-corrected chi connectivity index (χ0v) is 19.9. The van der Waals surface area contributed by atoms with Crippen molar-refractivity contribution < 1.29 is 24.3 Å². The van der Waals surface area contributed by atoms with E-state index in [0.29, 0.717) is 11.5 Å². The predicted octanol–water partition coefficient (Wildman–Crippen LogP) is 3.10. The molecule has 0 saturated heterocycles. The van der Waals surface area contributed by atoms with Gasteiger partial charge in [0.15, 0.2) is 0 Å². The molecule has 0 spiro atoms. The first-order valence-electron chi connectivity index (χ1n) is 10.5. The van der Waals surface area contributed by atoms with E-state index in [0.717, 1.165) is 10.9 Å². The Bertz CT molecular complexity index is 795. The lowest BCUT2D eigenvalue weighted by molar-refractivity contribution is -0.0893. The van der Waals surface area contributed by atoms with Crippen molar-refractivity contribution in [2.45, 2.75) is 77.8 Å². The van der Waals surface area contributed by atoms with Crippen molar-refractivity contribution in [3.05, 3.63) is 48.5 Å². The molecule has 2 N–H and O–H groups in total. The Morgan fingerprint density at radius 3 is 1.29 bits per heavy atom. The molecule has 0 fully saturated rings. The number of hydrogen-bond acceptors (Lipinski definition) is 5. The first kappa shape index (κ1) is 25.5. The lowest BCUT2D eigenvalue weighted by Crippen LogP contribution is -2.49. The highest BCUT2D eigenvalue weighted by Crippen LogP contribution is 2.26. The van der Waals surface area contributed by atoms with Crippen molar-refractivity contribution in [2.75, 3.05) is 0 Å². The summed E-state index contributed by atoms with van der Waals surface area (Å²) in [6, 6.07) is 15.0. The van der Waals surface area contributed by atoms with E-state index < -0.39 is 22.4 Å². The fourth-order valence-corrected chi connectivity index (χ4v) is 2.16. The normalized spacial score (nSPS) is 13.1. The quantitative estimate of drug-likeness (QED) is 0.574. The summed E-state index contributed by atoms with van der Waals surface area (Å²) in [5.74, 6) is 1.32. The molecule has 5 nitrogen and oxygen atoms in total. The van der Waals surface area contributed by atoms with E-state index in [4.69, 9.17) is 14.0 Å². The van der Waals surface area contributed by atoms with Gasteiger partial charge in [-0.3, -0.25) is 0 Å². The molecule has 166 valence electrons. The third kappa shape index (κ3) is 7.11. The van der Waals surface area contributed by atoms with Gasteiger partial charge in [-0.2, -0.15) is 0 Å². The summed E-state index contributed by atoms with van der Waals surface area (Å²) in [5.41, 5.74) is -1.82. The number of ether oxygens (including phenoxy) is 1. The molecule has 7 heteroatoms. The average Bonchev–Trinajstić information content (AvgIpc) is 2.64. The highest BCUT2D eigenvalue weighted by molar-refractivity contribution is 6.47. The zero-order valence-electron chi connectivity index (χ0n) is 19.9. The molecular formula is C24H34B2O5. The largest absolute Gasteiger partial charge is 0.457 e. The minimum atomic E-state index is -0.990. The molecule has 0 aromatic heterocycles. The number of benzene rings is 2. The Kier molecular flexibility index (Phi) is 7.70. The topological polar surface area (TPSA) is 68.2 Å². The molecule has 2 radical (unpaired) electrons. The molecule has 0 aliphatic heterocycles. The first-order valence-corrected chi connectivity index (χ1v) is 10.5. The summed E-state index contributed by atoms with van der Waals surface area (Å²) >= 11 is 0. The molecule has 0 atom stereocenters. The zero-order chi connectivity index (χ0) is 23.5. The minimum Gasteiger partial charge on any atom is -0.457 e. The standard InChI is InChI=1S/C24H34B2O5/c1-21(2,27)23(5,6)30-25-17-11-9-13-19(15-17)29-20-14-10-12-18(16-20)26-31-24(7,8)22(3,4)28/h9-16,27-28H,1-8H3. The summed E-state index contributed by atoms with van der Waals surface area (Å²) in [6.07, 6.45) is 0. The second-order valence-electron chi connectivity index (χ2n) is 9.86. The van der Waals surface area contributed by atoms with Crippen LogP contribution in [0.4, 0.5) is 0 Å². The van der Waals surface area contributed by atoms with Gasteiger partial charge in [-0.05, 0) is 90.6 Å². The molecule has 0 aliphatic carbocycles. The molecule has 0 amide bonds. The fraction of sp³-hybridized carbons (Fsp3) is 0.500. The number of hydrogen-bond donors (Lipinski definition) is 2. The van der Waals surface area contributed by atoms with Crippen molar-refractivity contribution in [3.8, 4) is 11.5 Å². The van der Waals surface area contributed by atoms with E-state index in [9.17, 15) is 10.2 Å². The Labute approximate surface area is 188 Å². The molecule has 0 unspecified atom stereocenters. The van der Waals surface area contributed by atoms with Gasteiger partial charge in [-0.15, -0.1) is 0 Å². The van der Waals surface area contributed by atoms with E-state index in [1.165, 1.54) is 0 Å². The van der Waals surface area contributed by atoms with E-state index in [2.05, 4.69) is 0 Å². The average molecular weight is 424 g/mol. The number of aliphatic hydroxyl groups is 2. The van der Waals surface area contributed by atoms with Gasteiger partial charge in [-0.25, -0.2) is 0 Å². The summed E-state index contributed by atoms with van der Waals surface area (Å²) < 4.78 is 17.7. The summed E-state index contributed by atoms with van der Waals surface area (Å²) in [7, 11) is 3.25. The van der Waals surface area contributed by atoms with Gasteiger partial charge in [0.05, 0.1) is 22.4 Å². The van der Waals surface area contributed by atoms with E-state index in [1.54, 1.807) is 42.7 Å². The van der Waals surface area contributed by atoms with Gasteiger partial charge < -0.3 is 24.3 Å². The lowest BCUT2D eigenvalue weighted by atomic mass is 9.82. The van der Waals surface area contributed by atoms with Crippen LogP contribution in [-0.2, 0) is 9.31 Å². The molecule has 2 aromatic rings. The minimum absolute atomic E-state index is 0.660. The van der Waals surface area contributed by atoms with Gasteiger partial charge >= 0.3 is 15.0 Å². The van der Waals surface area contributed by atoms with Crippen LogP contribution in [0.3, 0.4) is 0 Å². The highest BCUT2D eigenvalue weighted by atomic mass is 16.5. The van der Waals surface area contributed by atoms with Crippen molar-refractivity contribution in [2.24, 2.45) is 0 Å². The number of rotatable bonds is 10. The Hall–Kier alpha value is -1.79. The summed E-state index contributed by atoms with van der Waals surface area (Å²) in [5, 5.41) is 20.5. The predicted molar refractivity (Wildman–Crippen MR) is 127 cm³/mol.